The van der Waals surface area contributed by atoms with Crippen LogP contribution < -0.4 is 20.7 Å². The van der Waals surface area contributed by atoms with Crippen molar-refractivity contribution in [2.75, 3.05) is 26.1 Å². The molecule has 9 N–H and O–H groups in total. The van der Waals surface area contributed by atoms with Gasteiger partial charge < -0.3 is 70.3 Å². The third kappa shape index (κ3) is 10.8. The predicted octanol–water partition coefficient (Wildman–Crippen LogP) is 7.94. The number of allylic oxidation sites excluding steroid dienone is 11. The Kier molecular flexibility index (Phi) is 16.7. The molecule has 12 rings (SSSR count). The number of phenolic OH excluding ortho intramolecular Hbond substituents is 2. The highest BCUT2D eigenvalue weighted by atomic mass is 16.7. The lowest BCUT2D eigenvalue weighted by Gasteiger charge is -2.42. The van der Waals surface area contributed by atoms with Crippen LogP contribution in [0.25, 0.3) is 0 Å². The van der Waals surface area contributed by atoms with Crippen molar-refractivity contribution in [3.05, 3.63) is 186 Å². The molecular weight excluding hydrogens is 1200 g/mol. The molecule has 23 heteroatoms. The van der Waals surface area contributed by atoms with Crippen LogP contribution in [-0.4, -0.2) is 134 Å². The number of ketones is 3. The maximum absolute atomic E-state index is 14.1. The van der Waals surface area contributed by atoms with Crippen LogP contribution in [0.15, 0.2) is 162 Å². The average Bonchev–Trinajstić information content (AvgIpc) is 1.16. The number of rotatable bonds is 15. The Hall–Kier alpha value is -9.65. The van der Waals surface area contributed by atoms with Crippen LogP contribution in [0.4, 0.5) is 10.5 Å². The molecule has 0 aromatic heterocycles. The van der Waals surface area contributed by atoms with E-state index in [2.05, 4.69) is 29.5 Å². The summed E-state index contributed by atoms with van der Waals surface area (Å²) in [5.74, 6) is -7.29. The number of alkyl carbamates (subject to hydrolysis) is 1. The highest BCUT2D eigenvalue weighted by Crippen LogP contribution is 2.54. The summed E-state index contributed by atoms with van der Waals surface area (Å²) in [6.07, 6.45) is 0.942. The van der Waals surface area contributed by atoms with E-state index in [-0.39, 0.29) is 65.0 Å². The van der Waals surface area contributed by atoms with Crippen molar-refractivity contribution in [3.8, 4) is 17.2 Å². The first-order chi connectivity index (χ1) is 44.4. The lowest BCUT2D eigenvalue weighted by molar-refractivity contribution is -0.249. The van der Waals surface area contributed by atoms with Gasteiger partial charge in [-0.15, -0.1) is 0 Å². The van der Waals surface area contributed by atoms with E-state index in [9.17, 15) is 59.4 Å². The molecule has 2 fully saturated rings. The largest absolute Gasteiger partial charge is 0.510 e. The molecule has 3 aromatic carbocycles. The third-order valence-corrected chi connectivity index (χ3v) is 19.2. The summed E-state index contributed by atoms with van der Waals surface area (Å²) in [6, 6.07) is 9.79. The number of aliphatic hydroxyl groups excluding tert-OH is 3. The molecule has 0 saturated carbocycles. The number of hydrogen-bond acceptors (Lipinski definition) is 21. The molecule has 6 heterocycles. The minimum Gasteiger partial charge on any atom is -0.510 e. The lowest BCUT2D eigenvalue weighted by Crippen LogP contribution is -2.56. The molecule has 0 radical (unpaired) electrons. The number of hydrogen-bond donors (Lipinski definition) is 9. The van der Waals surface area contributed by atoms with Crippen LogP contribution in [0.1, 0.15) is 128 Å². The number of phenols is 2. The molecule has 93 heavy (non-hydrogen) atoms. The summed E-state index contributed by atoms with van der Waals surface area (Å²) >= 11 is 0. The van der Waals surface area contributed by atoms with E-state index in [1.165, 1.54) is 39.3 Å². The summed E-state index contributed by atoms with van der Waals surface area (Å²) in [4.78, 5) is 97.8. The molecule has 3 aliphatic carbocycles. The number of fused-ring (bicyclic) bond motifs is 8. The van der Waals surface area contributed by atoms with Crippen molar-refractivity contribution >= 4 is 58.1 Å². The summed E-state index contributed by atoms with van der Waals surface area (Å²) in [5.41, 5.74) is 7.39. The molecule has 2 saturated heterocycles. The molecule has 6 aliphatic heterocycles. The van der Waals surface area contributed by atoms with Gasteiger partial charge in [-0.3, -0.25) is 24.0 Å². The number of Topliss-reactive ketones (excluding diaryl/α,β-unsaturated/α-hetero) is 1. The van der Waals surface area contributed by atoms with Crippen molar-refractivity contribution in [1.29, 1.82) is 0 Å². The second kappa shape index (κ2) is 24.4. The molecular formula is C70H70N6O17. The number of ether oxygens (including phenoxy) is 5. The Morgan fingerprint density at radius 2 is 1.61 bits per heavy atom. The lowest BCUT2D eigenvalue weighted by atomic mass is 9.72. The van der Waals surface area contributed by atoms with E-state index in [0.717, 1.165) is 39.4 Å². The number of benzene rings is 3. The van der Waals surface area contributed by atoms with Gasteiger partial charge in [-0.2, -0.15) is 0 Å². The topological polar surface area (TPSA) is 343 Å². The van der Waals surface area contributed by atoms with Crippen molar-refractivity contribution in [3.63, 3.8) is 0 Å². The van der Waals surface area contributed by atoms with Gasteiger partial charge in [-0.25, -0.2) is 19.8 Å². The molecule has 9 atom stereocenters. The summed E-state index contributed by atoms with van der Waals surface area (Å²) in [6.45, 7) is 14.2. The van der Waals surface area contributed by atoms with Crippen molar-refractivity contribution in [2.45, 2.75) is 123 Å². The quantitative estimate of drug-likeness (QED) is 0.0403. The zero-order valence-electron chi connectivity index (χ0n) is 52.3. The number of nitrogens with one attached hydrogen (secondary N) is 3. The first-order valence-corrected chi connectivity index (χ1v) is 30.7. The number of carbonyl (C=O) groups is 6. The number of methoxy groups -OCH3 is 2. The molecule has 23 nitrogen and oxygen atoms in total. The Balaban J connectivity index is 0.729. The Morgan fingerprint density at radius 3 is 2.31 bits per heavy atom. The number of aromatic hydroxyl groups is 2. The zero-order chi connectivity index (χ0) is 66.4. The number of anilines is 1. The molecule has 3 aromatic rings. The van der Waals surface area contributed by atoms with Gasteiger partial charge in [0.05, 0.1) is 83.4 Å². The predicted molar refractivity (Wildman–Crippen MR) is 338 cm³/mol. The van der Waals surface area contributed by atoms with Crippen LogP contribution in [0.3, 0.4) is 0 Å². The minimum atomic E-state index is -2.41. The van der Waals surface area contributed by atoms with Gasteiger partial charge in [0, 0.05) is 88.0 Å². The Bertz CT molecular complexity index is 4250. The fourth-order valence-electron chi connectivity index (χ4n) is 14.2. The van der Waals surface area contributed by atoms with Crippen molar-refractivity contribution in [1.82, 2.24) is 10.6 Å². The second-order valence-corrected chi connectivity index (χ2v) is 24.5. The van der Waals surface area contributed by atoms with E-state index in [0.29, 0.717) is 69.3 Å². The van der Waals surface area contributed by atoms with Gasteiger partial charge in [0.2, 0.25) is 11.7 Å². The van der Waals surface area contributed by atoms with E-state index in [1.807, 2.05) is 45.9 Å². The van der Waals surface area contributed by atoms with Gasteiger partial charge in [0.25, 0.3) is 0 Å². The molecule has 8 bridgehead atoms. The van der Waals surface area contributed by atoms with Gasteiger partial charge in [0.15, 0.2) is 17.9 Å². The maximum atomic E-state index is 14.1. The van der Waals surface area contributed by atoms with E-state index in [4.69, 9.17) is 38.7 Å². The molecule has 0 spiro atoms. The maximum Gasteiger partial charge on any atom is 0.407 e. The smallest absolute Gasteiger partial charge is 0.407 e. The normalized spacial score (nSPS) is 25.9. The summed E-state index contributed by atoms with van der Waals surface area (Å²) in [5, 5.41) is 77.9. The second-order valence-electron chi connectivity index (χ2n) is 24.5. The van der Waals surface area contributed by atoms with Crippen molar-refractivity contribution in [2.24, 2.45) is 32.7 Å². The van der Waals surface area contributed by atoms with Gasteiger partial charge in [-0.05, 0) is 105 Å². The number of amides is 2. The van der Waals surface area contributed by atoms with Crippen LogP contribution in [0.5, 0.6) is 17.2 Å². The first-order valence-electron chi connectivity index (χ1n) is 30.7. The van der Waals surface area contributed by atoms with E-state index in [1.54, 1.807) is 30.3 Å². The third-order valence-electron chi connectivity index (χ3n) is 19.2. The number of aliphatic hydroxyl groups is 4. The Labute approximate surface area is 534 Å². The SMILES string of the molecule is C=CC1=C(C)C2=NC1=CC1=NC(=CC3=C(C)C4=C(O)C(C(=O)OC)C(=C5NC(=C2)[C@@H](C)[C@@H]5CCC(=O)Nc2ccc(COC(=O)N[C@H]5C[C@H](O[C@H]6C[C@](O)(C(=O)CO)Cc7c(O)c8c(c(O)c76)C(=O)c6c(OC)cccc6C8=O)O[C@@H](C)[C@H]5O)cc2)C4=N3)C(CC)=C1C. The fraction of sp³-hybridized carbons (Fsp3) is 0.357. The highest BCUT2D eigenvalue weighted by Gasteiger charge is 2.52. The van der Waals surface area contributed by atoms with Gasteiger partial charge >= 0.3 is 12.1 Å². The van der Waals surface area contributed by atoms with Gasteiger partial charge in [0.1, 0.15) is 53.8 Å². The standard InChI is InChI=1S/C70H70N6O17/c1-10-36-29(3)41-21-43-31(5)38(60(74-43)56-59(68(86)90-9)65(83)53-32(6)44(75-61(53)56)23-46-37(11-2)30(4)42(73-46)22-45(36)72-41)19-20-51(79)71-35-17-15-34(16-18-35)28-91-69(87)76-47-24-52(92-33(7)62(47)80)93-49-26-70(88,50(78)27-77)25-40-55(49)67(85)58-57(64(40)82)63(81)39-13-12-14-48(89-8)54(39)66(58)84/h10,12-18,21-23,31,33,38,47,49,52,59,62,74,77,80,82-83,85,88H,1,11,19-20,24-28H2,2-9H3,(H,71,79)(H,76,87)/t31-,33-,38-,47-,49-,52-,59?,62+,70-/m0/s1. The van der Waals surface area contributed by atoms with Crippen LogP contribution >= 0.6 is 0 Å². The summed E-state index contributed by atoms with van der Waals surface area (Å²) < 4.78 is 28.6. The van der Waals surface area contributed by atoms with E-state index < -0.39 is 120 Å². The monoisotopic (exact) mass is 1270 g/mol. The van der Waals surface area contributed by atoms with E-state index >= 15 is 0 Å². The molecule has 9 aliphatic rings. The van der Waals surface area contributed by atoms with Gasteiger partial charge in [-0.1, -0.05) is 50.8 Å². The van der Waals surface area contributed by atoms with Crippen LogP contribution in [-0.2, 0) is 46.4 Å². The summed E-state index contributed by atoms with van der Waals surface area (Å²) in [7, 11) is 2.56. The molecule has 482 valence electrons. The Morgan fingerprint density at radius 1 is 0.892 bits per heavy atom. The fourth-order valence-corrected chi connectivity index (χ4v) is 14.2. The number of aliphatic imine (C=N–C) groups is 3. The number of esters is 1. The van der Waals surface area contributed by atoms with Crippen LogP contribution in [0, 0.1) is 17.8 Å². The number of carbonyl (C=O) groups excluding carboxylic acids is 6. The van der Waals surface area contributed by atoms with Crippen LogP contribution in [0.2, 0.25) is 0 Å². The first kappa shape index (κ1) is 63.5. The van der Waals surface area contributed by atoms with Crippen molar-refractivity contribution < 1.29 is 83.1 Å². The average molecular weight is 1270 g/mol. The highest BCUT2D eigenvalue weighted by molar-refractivity contribution is 6.31. The molecule has 2 amide bonds. The number of nitrogens with zero attached hydrogens (tertiary/aromatic N) is 3. The zero-order valence-corrected chi connectivity index (χ0v) is 52.3. The minimum absolute atomic E-state index is 0.0331. The molecule has 1 unspecified atom stereocenters.